The first-order valence-electron chi connectivity index (χ1n) is 7.91. The number of hydrogen-bond acceptors (Lipinski definition) is 5. The molecular weight excluding hydrogens is 352 g/mol. The number of nitrogens with zero attached hydrogens (tertiary/aromatic N) is 1. The highest BCUT2D eigenvalue weighted by atomic mass is 32.2. The molecule has 1 amide bonds. The highest BCUT2D eigenvalue weighted by molar-refractivity contribution is 8.39. The molecule has 0 saturated heterocycles. The van der Waals surface area contributed by atoms with Crippen LogP contribution in [-0.4, -0.2) is 21.3 Å². The van der Waals surface area contributed by atoms with Gasteiger partial charge >= 0.3 is 0 Å². The standard InChI is InChI=1S/C19H18N2O2S2/c1-12(22)14-7-5-8-16(10-14)20-18(23)13(2)25-19-21-17-9-4-3-6-15(17)11-24-19/h3-10,13H,11H2,1-2H3,(H,20,23). The molecule has 4 nitrogen and oxygen atoms in total. The molecule has 0 radical (unpaired) electrons. The molecular formula is C19H18N2O2S2. The number of Topliss-reactive ketones (excluding diaryl/α,β-unsaturated/α-hetero) is 1. The summed E-state index contributed by atoms with van der Waals surface area (Å²) in [5.74, 6) is 0.745. The number of hydrogen-bond donors (Lipinski definition) is 1. The number of carbonyl (C=O) groups is 2. The number of nitrogens with one attached hydrogen (secondary N) is 1. The summed E-state index contributed by atoms with van der Waals surface area (Å²) in [6, 6.07) is 15.0. The van der Waals surface area contributed by atoms with Crippen LogP contribution in [0.4, 0.5) is 11.4 Å². The van der Waals surface area contributed by atoms with E-state index in [4.69, 9.17) is 0 Å². The fourth-order valence-electron chi connectivity index (χ4n) is 2.34. The van der Waals surface area contributed by atoms with E-state index in [0.29, 0.717) is 11.3 Å². The van der Waals surface area contributed by atoms with Crippen molar-refractivity contribution < 1.29 is 9.59 Å². The van der Waals surface area contributed by atoms with Crippen molar-refractivity contribution in [3.8, 4) is 0 Å². The van der Waals surface area contributed by atoms with Crippen molar-refractivity contribution in [2.24, 2.45) is 4.99 Å². The van der Waals surface area contributed by atoms with Gasteiger partial charge in [0.15, 0.2) is 5.78 Å². The predicted molar refractivity (Wildman–Crippen MR) is 107 cm³/mol. The van der Waals surface area contributed by atoms with Gasteiger partial charge in [0.05, 0.1) is 10.9 Å². The van der Waals surface area contributed by atoms with E-state index in [2.05, 4.69) is 16.4 Å². The van der Waals surface area contributed by atoms with E-state index in [-0.39, 0.29) is 16.9 Å². The lowest BCUT2D eigenvalue weighted by Crippen LogP contribution is -2.23. The Hall–Kier alpha value is -2.05. The van der Waals surface area contributed by atoms with Crippen molar-refractivity contribution in [1.29, 1.82) is 0 Å². The molecule has 128 valence electrons. The van der Waals surface area contributed by atoms with Crippen molar-refractivity contribution in [1.82, 2.24) is 0 Å². The van der Waals surface area contributed by atoms with E-state index in [1.54, 1.807) is 36.0 Å². The van der Waals surface area contributed by atoms with Crippen LogP contribution in [0.15, 0.2) is 53.5 Å². The van der Waals surface area contributed by atoms with E-state index in [9.17, 15) is 9.59 Å². The third-order valence-electron chi connectivity index (χ3n) is 3.74. The topological polar surface area (TPSA) is 58.5 Å². The van der Waals surface area contributed by atoms with E-state index in [1.165, 1.54) is 24.2 Å². The fraction of sp³-hybridized carbons (Fsp3) is 0.211. The largest absolute Gasteiger partial charge is 0.325 e. The van der Waals surface area contributed by atoms with Crippen molar-refractivity contribution in [3.05, 3.63) is 59.7 Å². The minimum atomic E-state index is -0.280. The number of carbonyl (C=O) groups excluding carboxylic acids is 2. The lowest BCUT2D eigenvalue weighted by molar-refractivity contribution is -0.115. The number of anilines is 1. The summed E-state index contributed by atoms with van der Waals surface area (Å²) in [5, 5.41) is 2.59. The zero-order valence-electron chi connectivity index (χ0n) is 14.0. The summed E-state index contributed by atoms with van der Waals surface area (Å²) in [5.41, 5.74) is 3.41. The average molecular weight is 370 g/mol. The fourth-order valence-corrected chi connectivity index (χ4v) is 4.52. The molecule has 0 bridgehead atoms. The zero-order chi connectivity index (χ0) is 17.8. The van der Waals surface area contributed by atoms with Gasteiger partial charge in [0.1, 0.15) is 4.38 Å². The quantitative estimate of drug-likeness (QED) is 0.779. The molecule has 0 aromatic heterocycles. The number of amides is 1. The second-order valence-electron chi connectivity index (χ2n) is 5.68. The van der Waals surface area contributed by atoms with Crippen molar-refractivity contribution in [3.63, 3.8) is 0 Å². The maximum Gasteiger partial charge on any atom is 0.237 e. The number of benzene rings is 2. The average Bonchev–Trinajstić information content (AvgIpc) is 2.61. The smallest absolute Gasteiger partial charge is 0.237 e. The third kappa shape index (κ3) is 4.52. The van der Waals surface area contributed by atoms with Crippen LogP contribution >= 0.6 is 23.5 Å². The summed E-state index contributed by atoms with van der Waals surface area (Å²) in [6.07, 6.45) is 0. The van der Waals surface area contributed by atoms with Gasteiger partial charge in [0, 0.05) is 17.0 Å². The van der Waals surface area contributed by atoms with Gasteiger partial charge in [-0.25, -0.2) is 4.99 Å². The molecule has 1 aliphatic rings. The van der Waals surface area contributed by atoms with Crippen LogP contribution in [0, 0.1) is 0 Å². The Labute approximate surface area is 155 Å². The van der Waals surface area contributed by atoms with Gasteiger partial charge in [0.2, 0.25) is 5.91 Å². The molecule has 25 heavy (non-hydrogen) atoms. The monoisotopic (exact) mass is 370 g/mol. The molecule has 1 heterocycles. The molecule has 1 N–H and O–H groups in total. The van der Waals surface area contributed by atoms with E-state index >= 15 is 0 Å². The van der Waals surface area contributed by atoms with Gasteiger partial charge in [-0.2, -0.15) is 0 Å². The Bertz CT molecular complexity index is 849. The number of thioether (sulfide) groups is 2. The van der Waals surface area contributed by atoms with Gasteiger partial charge < -0.3 is 5.32 Å². The summed E-state index contributed by atoms with van der Waals surface area (Å²) >= 11 is 3.11. The van der Waals surface area contributed by atoms with Crippen LogP contribution in [0.25, 0.3) is 0 Å². The Morgan fingerprint density at radius 2 is 2.00 bits per heavy atom. The maximum atomic E-state index is 12.4. The second kappa shape index (κ2) is 7.89. The molecule has 2 aromatic rings. The number of fused-ring (bicyclic) bond motifs is 1. The van der Waals surface area contributed by atoms with Crippen LogP contribution in [-0.2, 0) is 10.5 Å². The van der Waals surface area contributed by atoms with E-state index in [0.717, 1.165) is 15.8 Å². The van der Waals surface area contributed by atoms with Crippen LogP contribution in [0.1, 0.15) is 29.8 Å². The van der Waals surface area contributed by atoms with E-state index in [1.807, 2.05) is 25.1 Å². The first-order chi connectivity index (χ1) is 12.0. The molecule has 0 saturated carbocycles. The Morgan fingerprint density at radius 3 is 2.80 bits per heavy atom. The molecule has 6 heteroatoms. The molecule has 1 unspecified atom stereocenters. The molecule has 0 spiro atoms. The zero-order valence-corrected chi connectivity index (χ0v) is 15.6. The van der Waals surface area contributed by atoms with Gasteiger partial charge in [-0.3, -0.25) is 9.59 Å². The Morgan fingerprint density at radius 1 is 1.20 bits per heavy atom. The normalized spacial score (nSPS) is 14.2. The molecule has 3 rings (SSSR count). The molecule has 0 aliphatic carbocycles. The highest BCUT2D eigenvalue weighted by Gasteiger charge is 2.20. The van der Waals surface area contributed by atoms with Crippen LogP contribution < -0.4 is 5.32 Å². The van der Waals surface area contributed by atoms with Crippen molar-refractivity contribution in [2.45, 2.75) is 24.9 Å². The number of rotatable bonds is 4. The Kier molecular flexibility index (Phi) is 5.60. The minimum absolute atomic E-state index is 0.0230. The number of ketones is 1. The first-order valence-corrected chi connectivity index (χ1v) is 9.77. The van der Waals surface area contributed by atoms with Gasteiger partial charge in [0.25, 0.3) is 0 Å². The number of aliphatic imine (C=N–C) groups is 1. The lowest BCUT2D eigenvalue weighted by Gasteiger charge is -2.17. The third-order valence-corrected chi connectivity index (χ3v) is 6.03. The summed E-state index contributed by atoms with van der Waals surface area (Å²) < 4.78 is 0.902. The molecule has 2 aromatic carbocycles. The summed E-state index contributed by atoms with van der Waals surface area (Å²) in [4.78, 5) is 28.5. The van der Waals surface area contributed by atoms with Crippen LogP contribution in [0.2, 0.25) is 0 Å². The van der Waals surface area contributed by atoms with Crippen molar-refractivity contribution in [2.75, 3.05) is 5.32 Å². The number of para-hydroxylation sites is 1. The molecule has 1 aliphatic heterocycles. The van der Waals surface area contributed by atoms with Crippen LogP contribution in [0.5, 0.6) is 0 Å². The first kappa shape index (κ1) is 17.8. The minimum Gasteiger partial charge on any atom is -0.325 e. The van der Waals surface area contributed by atoms with Crippen molar-refractivity contribution >= 4 is 51.0 Å². The Balaban J connectivity index is 1.65. The van der Waals surface area contributed by atoms with Gasteiger partial charge in [-0.15, -0.1) is 0 Å². The van der Waals surface area contributed by atoms with Crippen LogP contribution in [0.3, 0.4) is 0 Å². The van der Waals surface area contributed by atoms with Gasteiger partial charge in [-0.05, 0) is 37.6 Å². The van der Waals surface area contributed by atoms with E-state index < -0.39 is 0 Å². The predicted octanol–water partition coefficient (Wildman–Crippen LogP) is 4.88. The maximum absolute atomic E-state index is 12.4. The van der Waals surface area contributed by atoms with Gasteiger partial charge in [-0.1, -0.05) is 53.9 Å². The molecule has 0 fully saturated rings. The second-order valence-corrected chi connectivity index (χ2v) is 8.23. The summed E-state index contributed by atoms with van der Waals surface area (Å²) in [7, 11) is 0. The molecule has 1 atom stereocenters. The SMILES string of the molecule is CC(=O)c1cccc(NC(=O)C(C)SC2=Nc3ccccc3CS2)c1. The summed E-state index contributed by atoms with van der Waals surface area (Å²) in [6.45, 7) is 3.37. The lowest BCUT2D eigenvalue weighted by atomic mass is 10.1. The highest BCUT2D eigenvalue weighted by Crippen LogP contribution is 2.35.